The first-order chi connectivity index (χ1) is 15.4. The third kappa shape index (κ3) is 4.53. The van der Waals surface area contributed by atoms with Crippen LogP contribution in [0.1, 0.15) is 35.3 Å². The van der Waals surface area contributed by atoms with Gasteiger partial charge in [0.1, 0.15) is 0 Å². The summed E-state index contributed by atoms with van der Waals surface area (Å²) >= 11 is 0. The molecule has 1 amide bonds. The summed E-state index contributed by atoms with van der Waals surface area (Å²) in [6, 6.07) is 16.4. The van der Waals surface area contributed by atoms with E-state index >= 15 is 0 Å². The second kappa shape index (κ2) is 9.60. The standard InChI is InChI=1S/C24H32N4O3S/c1-3-27(4-2)32(30,31)28-17-15-25(16-18-28)24(29)21-9-11-23(12-10-21)26-14-13-20-7-5-6-8-22(20)19-26/h5-12H,3-4,13-19H2,1-2H3. The Labute approximate surface area is 191 Å². The number of fused-ring (bicyclic) bond motifs is 1. The summed E-state index contributed by atoms with van der Waals surface area (Å²) in [6.45, 7) is 7.90. The second-order valence-electron chi connectivity index (χ2n) is 8.27. The minimum absolute atomic E-state index is 0.0413. The Hall–Kier alpha value is -2.42. The number of hydrogen-bond donors (Lipinski definition) is 0. The van der Waals surface area contributed by atoms with Gasteiger partial charge in [-0.25, -0.2) is 0 Å². The summed E-state index contributed by atoms with van der Waals surface area (Å²) in [5, 5.41) is 0. The van der Waals surface area contributed by atoms with Crippen molar-refractivity contribution in [1.29, 1.82) is 0 Å². The number of anilines is 1. The monoisotopic (exact) mass is 456 g/mol. The highest BCUT2D eigenvalue weighted by molar-refractivity contribution is 7.86. The lowest BCUT2D eigenvalue weighted by molar-refractivity contribution is 0.0694. The van der Waals surface area contributed by atoms with Gasteiger partial charge in [-0.2, -0.15) is 17.0 Å². The number of benzene rings is 2. The Morgan fingerprint density at radius 2 is 1.50 bits per heavy atom. The van der Waals surface area contributed by atoms with Crippen molar-refractivity contribution >= 4 is 21.8 Å². The first kappa shape index (κ1) is 22.8. The molecule has 8 heteroatoms. The van der Waals surface area contributed by atoms with Crippen LogP contribution in [0.15, 0.2) is 48.5 Å². The molecule has 0 aromatic heterocycles. The molecule has 2 aromatic carbocycles. The van der Waals surface area contributed by atoms with Gasteiger partial charge in [-0.3, -0.25) is 4.79 Å². The Morgan fingerprint density at radius 3 is 2.12 bits per heavy atom. The van der Waals surface area contributed by atoms with E-state index < -0.39 is 10.2 Å². The molecule has 0 N–H and O–H groups in total. The third-order valence-electron chi connectivity index (χ3n) is 6.49. The summed E-state index contributed by atoms with van der Waals surface area (Å²) in [5.41, 5.74) is 4.53. The summed E-state index contributed by atoms with van der Waals surface area (Å²) in [7, 11) is -3.45. The van der Waals surface area contributed by atoms with Gasteiger partial charge in [-0.1, -0.05) is 38.1 Å². The molecule has 0 saturated carbocycles. The number of hydrogen-bond acceptors (Lipinski definition) is 4. The highest BCUT2D eigenvalue weighted by Gasteiger charge is 2.32. The molecule has 0 radical (unpaired) electrons. The first-order valence-electron chi connectivity index (χ1n) is 11.4. The predicted octanol–water partition coefficient (Wildman–Crippen LogP) is 2.59. The zero-order valence-corrected chi connectivity index (χ0v) is 19.7. The molecular formula is C24H32N4O3S. The largest absolute Gasteiger partial charge is 0.367 e. The average Bonchev–Trinajstić information content (AvgIpc) is 2.84. The van der Waals surface area contributed by atoms with E-state index in [1.54, 1.807) is 4.90 Å². The van der Waals surface area contributed by atoms with Crippen LogP contribution >= 0.6 is 0 Å². The van der Waals surface area contributed by atoms with Crippen LogP contribution in [0.4, 0.5) is 5.69 Å². The minimum Gasteiger partial charge on any atom is -0.367 e. The fourth-order valence-corrected chi connectivity index (χ4v) is 6.15. The van der Waals surface area contributed by atoms with Gasteiger partial charge in [-0.15, -0.1) is 0 Å². The predicted molar refractivity (Wildman–Crippen MR) is 127 cm³/mol. The molecular weight excluding hydrogens is 424 g/mol. The fourth-order valence-electron chi connectivity index (χ4n) is 4.55. The van der Waals surface area contributed by atoms with Crippen molar-refractivity contribution in [1.82, 2.24) is 13.5 Å². The van der Waals surface area contributed by atoms with Crippen molar-refractivity contribution in [2.24, 2.45) is 0 Å². The molecule has 0 spiro atoms. The van der Waals surface area contributed by atoms with Crippen molar-refractivity contribution in [3.05, 3.63) is 65.2 Å². The summed E-state index contributed by atoms with van der Waals surface area (Å²) < 4.78 is 28.4. The van der Waals surface area contributed by atoms with Crippen LogP contribution in [0.2, 0.25) is 0 Å². The first-order valence-corrected chi connectivity index (χ1v) is 12.8. The van der Waals surface area contributed by atoms with E-state index in [1.165, 1.54) is 19.7 Å². The molecule has 0 unspecified atom stereocenters. The van der Waals surface area contributed by atoms with Gasteiger partial charge in [0.05, 0.1) is 0 Å². The Kier molecular flexibility index (Phi) is 6.83. The van der Waals surface area contributed by atoms with Gasteiger partial charge in [0, 0.05) is 63.6 Å². The Balaban J connectivity index is 1.37. The zero-order chi connectivity index (χ0) is 22.7. The van der Waals surface area contributed by atoms with Crippen molar-refractivity contribution in [3.8, 4) is 0 Å². The number of carbonyl (C=O) groups is 1. The third-order valence-corrected chi connectivity index (χ3v) is 8.68. The van der Waals surface area contributed by atoms with Crippen LogP contribution in [-0.2, 0) is 23.2 Å². The maximum Gasteiger partial charge on any atom is 0.282 e. The summed E-state index contributed by atoms with van der Waals surface area (Å²) in [5.74, 6) is -0.0413. The lowest BCUT2D eigenvalue weighted by atomic mass is 9.99. The van der Waals surface area contributed by atoms with E-state index in [0.717, 1.165) is 25.2 Å². The van der Waals surface area contributed by atoms with Gasteiger partial charge in [-0.05, 0) is 41.8 Å². The zero-order valence-electron chi connectivity index (χ0n) is 18.9. The molecule has 32 heavy (non-hydrogen) atoms. The summed E-state index contributed by atoms with van der Waals surface area (Å²) in [4.78, 5) is 17.1. The highest BCUT2D eigenvalue weighted by atomic mass is 32.2. The molecule has 4 rings (SSSR count). The van der Waals surface area contributed by atoms with E-state index in [9.17, 15) is 13.2 Å². The van der Waals surface area contributed by atoms with Crippen LogP contribution < -0.4 is 4.90 Å². The van der Waals surface area contributed by atoms with Gasteiger partial charge < -0.3 is 9.80 Å². The number of rotatable bonds is 6. The van der Waals surface area contributed by atoms with Crippen LogP contribution in [-0.4, -0.2) is 73.6 Å². The van der Waals surface area contributed by atoms with E-state index in [2.05, 4.69) is 29.2 Å². The van der Waals surface area contributed by atoms with Crippen molar-refractivity contribution in [2.45, 2.75) is 26.8 Å². The number of piperazine rings is 1. The van der Waals surface area contributed by atoms with E-state index in [0.29, 0.717) is 44.8 Å². The van der Waals surface area contributed by atoms with E-state index in [1.807, 2.05) is 38.1 Å². The normalized spacial score (nSPS) is 17.5. The molecule has 0 aliphatic carbocycles. The maximum atomic E-state index is 13.0. The molecule has 1 saturated heterocycles. The number of nitrogens with zero attached hydrogens (tertiary/aromatic N) is 4. The molecule has 7 nitrogen and oxygen atoms in total. The lowest BCUT2D eigenvalue weighted by Crippen LogP contribution is -2.54. The van der Waals surface area contributed by atoms with Crippen molar-refractivity contribution in [2.75, 3.05) is 50.7 Å². The Morgan fingerprint density at radius 1 is 0.875 bits per heavy atom. The van der Waals surface area contributed by atoms with E-state index in [4.69, 9.17) is 0 Å². The van der Waals surface area contributed by atoms with Crippen molar-refractivity contribution < 1.29 is 13.2 Å². The van der Waals surface area contributed by atoms with Crippen LogP contribution in [0.3, 0.4) is 0 Å². The quantitative estimate of drug-likeness (QED) is 0.670. The SMILES string of the molecule is CCN(CC)S(=O)(=O)N1CCN(C(=O)c2ccc(N3CCc4ccccc4C3)cc2)CC1. The number of carbonyl (C=O) groups excluding carboxylic acids is 1. The molecule has 0 bridgehead atoms. The van der Waals surface area contributed by atoms with Gasteiger partial charge in [0.25, 0.3) is 16.1 Å². The Bertz CT molecular complexity index is 1040. The maximum absolute atomic E-state index is 13.0. The molecule has 2 aromatic rings. The van der Waals surface area contributed by atoms with Gasteiger partial charge >= 0.3 is 0 Å². The van der Waals surface area contributed by atoms with E-state index in [-0.39, 0.29) is 5.91 Å². The van der Waals surface area contributed by atoms with Crippen LogP contribution in [0.25, 0.3) is 0 Å². The fraction of sp³-hybridized carbons (Fsp3) is 0.458. The topological polar surface area (TPSA) is 64.2 Å². The smallest absolute Gasteiger partial charge is 0.282 e. The molecule has 172 valence electrons. The molecule has 2 heterocycles. The van der Waals surface area contributed by atoms with Crippen LogP contribution in [0, 0.1) is 0 Å². The van der Waals surface area contributed by atoms with Gasteiger partial charge in [0.15, 0.2) is 0 Å². The molecule has 1 fully saturated rings. The molecule has 2 aliphatic heterocycles. The lowest BCUT2D eigenvalue weighted by Gasteiger charge is -2.36. The summed E-state index contributed by atoms with van der Waals surface area (Å²) in [6.07, 6.45) is 1.03. The highest BCUT2D eigenvalue weighted by Crippen LogP contribution is 2.25. The number of amides is 1. The van der Waals surface area contributed by atoms with Crippen LogP contribution in [0.5, 0.6) is 0 Å². The molecule has 0 atom stereocenters. The minimum atomic E-state index is -3.45. The second-order valence-corrected chi connectivity index (χ2v) is 10.2. The average molecular weight is 457 g/mol. The van der Waals surface area contributed by atoms with Gasteiger partial charge in [0.2, 0.25) is 0 Å². The molecule has 2 aliphatic rings. The van der Waals surface area contributed by atoms with Crippen molar-refractivity contribution in [3.63, 3.8) is 0 Å².